The Morgan fingerprint density at radius 1 is 1.10 bits per heavy atom. The molecule has 1 N–H and O–H groups in total. The first-order valence-corrected chi connectivity index (χ1v) is 6.93. The lowest BCUT2D eigenvalue weighted by molar-refractivity contribution is 0.278. The standard InChI is InChI=1S/C19H22O/c1-14-9-6-5-7-10-15(14)16-11-8-12-18(17(16)13-20)19(2,3)4/h5-12,20H,1,13H2,2-4H3. The lowest BCUT2D eigenvalue weighted by Crippen LogP contribution is -2.15. The summed E-state index contributed by atoms with van der Waals surface area (Å²) in [5.41, 5.74) is 5.30. The average Bonchev–Trinajstić information content (AvgIpc) is 2.61. The topological polar surface area (TPSA) is 20.2 Å². The van der Waals surface area contributed by atoms with Crippen LogP contribution >= 0.6 is 0 Å². The Kier molecular flexibility index (Phi) is 4.10. The second-order valence-electron chi connectivity index (χ2n) is 6.09. The van der Waals surface area contributed by atoms with Gasteiger partial charge in [-0.3, -0.25) is 0 Å². The molecule has 1 heteroatoms. The van der Waals surface area contributed by atoms with Crippen LogP contribution in [0.25, 0.3) is 5.57 Å². The summed E-state index contributed by atoms with van der Waals surface area (Å²) in [7, 11) is 0. The fraction of sp³-hybridized carbons (Fsp3) is 0.263. The van der Waals surface area contributed by atoms with E-state index in [9.17, 15) is 5.11 Å². The molecule has 2 rings (SSSR count). The summed E-state index contributed by atoms with van der Waals surface area (Å²) >= 11 is 0. The minimum atomic E-state index is 0.00632. The molecule has 1 aromatic carbocycles. The van der Waals surface area contributed by atoms with Gasteiger partial charge in [0.1, 0.15) is 0 Å². The molecule has 0 unspecified atom stereocenters. The SMILES string of the molecule is C=C1C=CC=CC=C1c1cccc(C(C)(C)C)c1CO. The van der Waals surface area contributed by atoms with E-state index in [2.05, 4.69) is 51.6 Å². The number of hydrogen-bond acceptors (Lipinski definition) is 1. The molecular weight excluding hydrogens is 244 g/mol. The van der Waals surface area contributed by atoms with Gasteiger partial charge in [-0.05, 0) is 33.3 Å². The molecule has 104 valence electrons. The van der Waals surface area contributed by atoms with Gasteiger partial charge in [-0.25, -0.2) is 0 Å². The van der Waals surface area contributed by atoms with Crippen molar-refractivity contribution in [2.75, 3.05) is 0 Å². The van der Waals surface area contributed by atoms with E-state index in [1.54, 1.807) is 0 Å². The highest BCUT2D eigenvalue weighted by Crippen LogP contribution is 2.34. The highest BCUT2D eigenvalue weighted by Gasteiger charge is 2.21. The molecule has 0 aromatic heterocycles. The number of benzene rings is 1. The lowest BCUT2D eigenvalue weighted by atomic mass is 9.80. The molecule has 0 amide bonds. The molecule has 0 fully saturated rings. The summed E-state index contributed by atoms with van der Waals surface area (Å²) in [6.45, 7) is 10.7. The van der Waals surface area contributed by atoms with E-state index < -0.39 is 0 Å². The number of rotatable bonds is 2. The Balaban J connectivity index is 2.64. The normalized spacial score (nSPS) is 15.2. The van der Waals surface area contributed by atoms with Crippen LogP contribution in [0.5, 0.6) is 0 Å². The van der Waals surface area contributed by atoms with Gasteiger partial charge in [-0.15, -0.1) is 0 Å². The number of allylic oxidation sites excluding steroid dienone is 7. The lowest BCUT2D eigenvalue weighted by Gasteiger charge is -2.25. The molecule has 0 spiro atoms. The van der Waals surface area contributed by atoms with Gasteiger partial charge in [0.15, 0.2) is 0 Å². The highest BCUT2D eigenvalue weighted by molar-refractivity contribution is 5.84. The maximum Gasteiger partial charge on any atom is 0.0690 e. The molecule has 20 heavy (non-hydrogen) atoms. The number of hydrogen-bond donors (Lipinski definition) is 1. The average molecular weight is 266 g/mol. The Morgan fingerprint density at radius 3 is 2.50 bits per heavy atom. The Bertz CT molecular complexity index is 607. The smallest absolute Gasteiger partial charge is 0.0690 e. The van der Waals surface area contributed by atoms with Gasteiger partial charge in [0, 0.05) is 0 Å². The van der Waals surface area contributed by atoms with Crippen LogP contribution in [0.15, 0.2) is 60.7 Å². The molecule has 0 bridgehead atoms. The van der Waals surface area contributed by atoms with Crippen molar-refractivity contribution in [1.82, 2.24) is 0 Å². The van der Waals surface area contributed by atoms with Crippen molar-refractivity contribution in [2.24, 2.45) is 0 Å². The van der Waals surface area contributed by atoms with Crippen molar-refractivity contribution in [2.45, 2.75) is 32.8 Å². The van der Waals surface area contributed by atoms with Crippen LogP contribution in [0.1, 0.15) is 37.5 Å². The van der Waals surface area contributed by atoms with E-state index >= 15 is 0 Å². The summed E-state index contributed by atoms with van der Waals surface area (Å²) in [6.07, 6.45) is 10.0. The molecule has 1 nitrogen and oxygen atoms in total. The summed E-state index contributed by atoms with van der Waals surface area (Å²) in [4.78, 5) is 0. The second-order valence-corrected chi connectivity index (χ2v) is 6.09. The molecule has 1 aliphatic carbocycles. The minimum Gasteiger partial charge on any atom is -0.392 e. The molecule has 1 aromatic rings. The Labute approximate surface area is 121 Å². The van der Waals surface area contributed by atoms with Gasteiger partial charge >= 0.3 is 0 Å². The van der Waals surface area contributed by atoms with Crippen LogP contribution in [0, 0.1) is 0 Å². The first kappa shape index (κ1) is 14.5. The van der Waals surface area contributed by atoms with Crippen molar-refractivity contribution >= 4 is 5.57 Å². The Hall–Kier alpha value is -1.86. The van der Waals surface area contributed by atoms with Gasteiger partial charge in [0.2, 0.25) is 0 Å². The summed E-state index contributed by atoms with van der Waals surface area (Å²) in [6, 6.07) is 6.22. The molecule has 0 aliphatic heterocycles. The largest absolute Gasteiger partial charge is 0.392 e. The summed E-state index contributed by atoms with van der Waals surface area (Å²) in [5, 5.41) is 9.86. The van der Waals surface area contributed by atoms with Gasteiger partial charge in [-0.2, -0.15) is 0 Å². The van der Waals surface area contributed by atoms with Gasteiger partial charge in [0.25, 0.3) is 0 Å². The quantitative estimate of drug-likeness (QED) is 0.833. The zero-order chi connectivity index (χ0) is 14.8. The molecule has 0 atom stereocenters. The maximum atomic E-state index is 9.86. The van der Waals surface area contributed by atoms with E-state index in [1.165, 1.54) is 5.56 Å². The van der Waals surface area contributed by atoms with Crippen molar-refractivity contribution < 1.29 is 5.11 Å². The van der Waals surface area contributed by atoms with Crippen molar-refractivity contribution in [1.29, 1.82) is 0 Å². The van der Waals surface area contributed by atoms with Crippen LogP contribution in [-0.4, -0.2) is 5.11 Å². The van der Waals surface area contributed by atoms with E-state index in [0.29, 0.717) is 0 Å². The summed E-state index contributed by atoms with van der Waals surface area (Å²) in [5.74, 6) is 0. The first-order valence-electron chi connectivity index (χ1n) is 6.93. The molecule has 0 saturated carbocycles. The third-order valence-corrected chi connectivity index (χ3v) is 3.56. The Morgan fingerprint density at radius 2 is 1.85 bits per heavy atom. The zero-order valence-corrected chi connectivity index (χ0v) is 12.5. The van der Waals surface area contributed by atoms with Crippen LogP contribution in [0.4, 0.5) is 0 Å². The van der Waals surface area contributed by atoms with E-state index in [1.807, 2.05) is 24.3 Å². The molecule has 1 aliphatic rings. The van der Waals surface area contributed by atoms with E-state index in [-0.39, 0.29) is 12.0 Å². The number of aliphatic hydroxyl groups is 1. The highest BCUT2D eigenvalue weighted by atomic mass is 16.3. The summed E-state index contributed by atoms with van der Waals surface area (Å²) < 4.78 is 0. The monoisotopic (exact) mass is 266 g/mol. The van der Waals surface area contributed by atoms with Crippen molar-refractivity contribution in [3.05, 3.63) is 77.4 Å². The van der Waals surface area contributed by atoms with Gasteiger partial charge in [0.05, 0.1) is 6.61 Å². The first-order chi connectivity index (χ1) is 9.45. The maximum absolute atomic E-state index is 9.86. The number of aliphatic hydroxyl groups excluding tert-OH is 1. The third kappa shape index (κ3) is 2.83. The molecule has 0 heterocycles. The predicted octanol–water partition coefficient (Wildman–Crippen LogP) is 4.54. The van der Waals surface area contributed by atoms with Crippen LogP contribution < -0.4 is 0 Å². The second kappa shape index (κ2) is 5.64. The zero-order valence-electron chi connectivity index (χ0n) is 12.5. The van der Waals surface area contributed by atoms with E-state index in [4.69, 9.17) is 0 Å². The molecular formula is C19H22O. The minimum absolute atomic E-state index is 0.00632. The third-order valence-electron chi connectivity index (χ3n) is 3.56. The molecule has 0 saturated heterocycles. The molecule has 0 radical (unpaired) electrons. The predicted molar refractivity (Wildman–Crippen MR) is 86.5 cm³/mol. The van der Waals surface area contributed by atoms with Gasteiger partial charge in [-0.1, -0.05) is 75.9 Å². The van der Waals surface area contributed by atoms with Crippen LogP contribution in [-0.2, 0) is 12.0 Å². The van der Waals surface area contributed by atoms with Crippen LogP contribution in [0.2, 0.25) is 0 Å². The van der Waals surface area contributed by atoms with Crippen molar-refractivity contribution in [3.63, 3.8) is 0 Å². The fourth-order valence-electron chi connectivity index (χ4n) is 2.56. The van der Waals surface area contributed by atoms with Crippen LogP contribution in [0.3, 0.4) is 0 Å². The van der Waals surface area contributed by atoms with E-state index in [0.717, 1.165) is 22.3 Å². The van der Waals surface area contributed by atoms with Gasteiger partial charge < -0.3 is 5.11 Å². The van der Waals surface area contributed by atoms with Crippen molar-refractivity contribution in [3.8, 4) is 0 Å². The fourth-order valence-corrected chi connectivity index (χ4v) is 2.56.